The zero-order chi connectivity index (χ0) is 19.9. The molecular weight excluding hydrogens is 367 g/mol. The normalized spacial score (nSPS) is 10.4. The van der Waals surface area contributed by atoms with Crippen molar-refractivity contribution in [3.8, 4) is 11.5 Å². The minimum atomic E-state index is -0.263. The molecule has 4 rings (SSSR count). The minimum Gasteiger partial charge on any atom is -0.455 e. The van der Waals surface area contributed by atoms with Crippen LogP contribution in [0.2, 0.25) is 0 Å². The number of aromatic nitrogens is 2. The van der Waals surface area contributed by atoms with Crippen molar-refractivity contribution in [1.29, 1.82) is 0 Å². The summed E-state index contributed by atoms with van der Waals surface area (Å²) in [5.74, 6) is 2.16. The van der Waals surface area contributed by atoms with Gasteiger partial charge in [-0.15, -0.1) is 0 Å². The molecule has 6 heteroatoms. The van der Waals surface area contributed by atoms with Gasteiger partial charge in [0.25, 0.3) is 0 Å². The third-order valence-corrected chi connectivity index (χ3v) is 4.17. The van der Waals surface area contributed by atoms with Crippen LogP contribution in [-0.2, 0) is 6.54 Å². The summed E-state index contributed by atoms with van der Waals surface area (Å²) >= 11 is 0. The first-order valence-corrected chi connectivity index (χ1v) is 9.17. The number of benzene rings is 3. The highest BCUT2D eigenvalue weighted by molar-refractivity contribution is 5.65. The maximum atomic E-state index is 13.8. The number of para-hydroxylation sites is 3. The predicted molar refractivity (Wildman–Crippen MR) is 112 cm³/mol. The Labute approximate surface area is 168 Å². The first-order valence-electron chi connectivity index (χ1n) is 9.17. The lowest BCUT2D eigenvalue weighted by atomic mass is 10.2. The Morgan fingerprint density at radius 3 is 2.45 bits per heavy atom. The Morgan fingerprint density at radius 2 is 1.59 bits per heavy atom. The summed E-state index contributed by atoms with van der Waals surface area (Å²) in [6.07, 6.45) is 1.64. The molecule has 29 heavy (non-hydrogen) atoms. The Morgan fingerprint density at radius 1 is 0.828 bits per heavy atom. The lowest BCUT2D eigenvalue weighted by Crippen LogP contribution is -2.06. The molecule has 144 valence electrons. The average Bonchev–Trinajstić information content (AvgIpc) is 2.76. The molecule has 0 radical (unpaired) electrons. The van der Waals surface area contributed by atoms with Crippen molar-refractivity contribution in [3.63, 3.8) is 0 Å². The molecule has 0 aliphatic heterocycles. The van der Waals surface area contributed by atoms with Crippen LogP contribution in [0, 0.1) is 5.82 Å². The SMILES string of the molecule is Fc1ccccc1CNc1nccc(Nc2ccccc2Oc2ccccc2)n1. The standard InChI is InChI=1S/C23H19FN4O/c24-19-11-5-4-8-17(19)16-26-23-25-15-14-22(28-23)27-20-12-6-7-13-21(20)29-18-9-2-1-3-10-18/h1-15H,16H2,(H2,25,26,27,28). The summed E-state index contributed by atoms with van der Waals surface area (Å²) in [5.41, 5.74) is 1.33. The smallest absolute Gasteiger partial charge is 0.224 e. The quantitative estimate of drug-likeness (QED) is 0.423. The van der Waals surface area contributed by atoms with Gasteiger partial charge in [0.05, 0.1) is 5.69 Å². The van der Waals surface area contributed by atoms with E-state index >= 15 is 0 Å². The monoisotopic (exact) mass is 386 g/mol. The number of nitrogens with zero attached hydrogens (tertiary/aromatic N) is 2. The van der Waals surface area contributed by atoms with Gasteiger partial charge in [-0.1, -0.05) is 48.5 Å². The van der Waals surface area contributed by atoms with Crippen molar-refractivity contribution in [2.75, 3.05) is 10.6 Å². The molecule has 0 unspecified atom stereocenters. The van der Waals surface area contributed by atoms with Gasteiger partial charge < -0.3 is 15.4 Å². The van der Waals surface area contributed by atoms with E-state index in [9.17, 15) is 4.39 Å². The fraction of sp³-hybridized carbons (Fsp3) is 0.0435. The molecule has 3 aromatic carbocycles. The van der Waals surface area contributed by atoms with Crippen LogP contribution < -0.4 is 15.4 Å². The maximum Gasteiger partial charge on any atom is 0.224 e. The Hall–Kier alpha value is -3.93. The van der Waals surface area contributed by atoms with Gasteiger partial charge in [-0.3, -0.25) is 0 Å². The summed E-state index contributed by atoms with van der Waals surface area (Å²) in [6, 6.07) is 25.6. The highest BCUT2D eigenvalue weighted by Crippen LogP contribution is 2.31. The molecule has 0 bridgehead atoms. The first-order chi connectivity index (χ1) is 14.3. The second-order valence-electron chi connectivity index (χ2n) is 6.25. The van der Waals surface area contributed by atoms with E-state index in [2.05, 4.69) is 20.6 Å². The maximum absolute atomic E-state index is 13.8. The fourth-order valence-corrected chi connectivity index (χ4v) is 2.74. The largest absolute Gasteiger partial charge is 0.455 e. The van der Waals surface area contributed by atoms with Crippen LogP contribution >= 0.6 is 0 Å². The number of nitrogens with one attached hydrogen (secondary N) is 2. The molecule has 5 nitrogen and oxygen atoms in total. The topological polar surface area (TPSA) is 59.1 Å². The van der Waals surface area contributed by atoms with E-state index in [0.29, 0.717) is 29.6 Å². The Balaban J connectivity index is 1.48. The zero-order valence-electron chi connectivity index (χ0n) is 15.5. The van der Waals surface area contributed by atoms with E-state index in [1.54, 1.807) is 30.5 Å². The molecule has 0 spiro atoms. The van der Waals surface area contributed by atoms with Crippen molar-refractivity contribution in [2.45, 2.75) is 6.54 Å². The number of rotatable bonds is 7. The van der Waals surface area contributed by atoms with Crippen LogP contribution in [0.3, 0.4) is 0 Å². The Bertz CT molecular complexity index is 1090. The van der Waals surface area contributed by atoms with Crippen LogP contribution in [0.1, 0.15) is 5.56 Å². The van der Waals surface area contributed by atoms with Crippen LogP contribution in [0.15, 0.2) is 91.1 Å². The van der Waals surface area contributed by atoms with Gasteiger partial charge in [-0.2, -0.15) is 4.98 Å². The van der Waals surface area contributed by atoms with E-state index in [1.165, 1.54) is 6.07 Å². The van der Waals surface area contributed by atoms with Gasteiger partial charge in [0.2, 0.25) is 5.95 Å². The first kappa shape index (κ1) is 18.4. The van der Waals surface area contributed by atoms with Gasteiger partial charge in [0, 0.05) is 18.3 Å². The zero-order valence-corrected chi connectivity index (χ0v) is 15.5. The molecular formula is C23H19FN4O. The fourth-order valence-electron chi connectivity index (χ4n) is 2.74. The van der Waals surface area contributed by atoms with Crippen molar-refractivity contribution >= 4 is 17.5 Å². The minimum absolute atomic E-state index is 0.263. The summed E-state index contributed by atoms with van der Waals surface area (Å²) in [5, 5.41) is 6.30. The van der Waals surface area contributed by atoms with E-state index in [4.69, 9.17) is 4.74 Å². The second-order valence-corrected chi connectivity index (χ2v) is 6.25. The molecule has 2 N–H and O–H groups in total. The predicted octanol–water partition coefficient (Wildman–Crippen LogP) is 5.76. The Kier molecular flexibility index (Phi) is 5.62. The molecule has 0 aliphatic carbocycles. The highest BCUT2D eigenvalue weighted by atomic mass is 19.1. The molecule has 0 fully saturated rings. The third-order valence-electron chi connectivity index (χ3n) is 4.17. The van der Waals surface area contributed by atoms with Gasteiger partial charge in [0.15, 0.2) is 5.75 Å². The number of halogens is 1. The molecule has 1 aromatic heterocycles. The van der Waals surface area contributed by atoms with Gasteiger partial charge >= 0.3 is 0 Å². The highest BCUT2D eigenvalue weighted by Gasteiger charge is 2.07. The lowest BCUT2D eigenvalue weighted by Gasteiger charge is -2.13. The number of ether oxygens (including phenoxy) is 1. The van der Waals surface area contributed by atoms with Crippen LogP contribution in [-0.4, -0.2) is 9.97 Å². The van der Waals surface area contributed by atoms with Gasteiger partial charge in [0.1, 0.15) is 17.4 Å². The van der Waals surface area contributed by atoms with Crippen molar-refractivity contribution in [3.05, 3.63) is 103 Å². The van der Waals surface area contributed by atoms with Crippen LogP contribution in [0.5, 0.6) is 11.5 Å². The van der Waals surface area contributed by atoms with Crippen molar-refractivity contribution in [1.82, 2.24) is 9.97 Å². The van der Waals surface area contributed by atoms with Crippen LogP contribution in [0.4, 0.5) is 21.8 Å². The molecule has 0 saturated heterocycles. The van der Waals surface area contributed by atoms with Gasteiger partial charge in [-0.05, 0) is 36.4 Å². The summed E-state index contributed by atoms with van der Waals surface area (Å²) < 4.78 is 19.7. The van der Waals surface area contributed by atoms with Crippen LogP contribution in [0.25, 0.3) is 0 Å². The van der Waals surface area contributed by atoms with Crippen molar-refractivity contribution < 1.29 is 9.13 Å². The third kappa shape index (κ3) is 4.87. The average molecular weight is 386 g/mol. The molecule has 0 amide bonds. The van der Waals surface area contributed by atoms with E-state index in [1.807, 2.05) is 54.6 Å². The van der Waals surface area contributed by atoms with Crippen molar-refractivity contribution in [2.24, 2.45) is 0 Å². The summed E-state index contributed by atoms with van der Waals surface area (Å²) in [4.78, 5) is 8.65. The van der Waals surface area contributed by atoms with E-state index in [0.717, 1.165) is 11.4 Å². The number of hydrogen-bond acceptors (Lipinski definition) is 5. The second kappa shape index (κ2) is 8.84. The lowest BCUT2D eigenvalue weighted by molar-refractivity contribution is 0.485. The number of anilines is 3. The van der Waals surface area contributed by atoms with E-state index < -0.39 is 0 Å². The summed E-state index contributed by atoms with van der Waals surface area (Å²) in [6.45, 7) is 0.295. The molecule has 0 atom stereocenters. The molecule has 0 saturated carbocycles. The van der Waals surface area contributed by atoms with E-state index in [-0.39, 0.29) is 5.82 Å². The molecule has 4 aromatic rings. The van der Waals surface area contributed by atoms with Gasteiger partial charge in [-0.25, -0.2) is 9.37 Å². The number of hydrogen-bond donors (Lipinski definition) is 2. The molecule has 1 heterocycles. The molecule has 0 aliphatic rings. The summed E-state index contributed by atoms with van der Waals surface area (Å²) in [7, 11) is 0.